The van der Waals surface area contributed by atoms with Crippen LogP contribution in [0.15, 0.2) is 82.7 Å². The first-order valence-corrected chi connectivity index (χ1v) is 13.4. The second-order valence-electron chi connectivity index (χ2n) is 9.60. The topological polar surface area (TPSA) is 95.1 Å². The van der Waals surface area contributed by atoms with Crippen molar-refractivity contribution in [2.24, 2.45) is 21.6 Å². The van der Waals surface area contributed by atoms with Gasteiger partial charge in [-0.3, -0.25) is 19.7 Å². The Balaban J connectivity index is 1.49. The van der Waals surface area contributed by atoms with Gasteiger partial charge in [0.15, 0.2) is 0 Å². The minimum Gasteiger partial charge on any atom is -0.400 e. The highest BCUT2D eigenvalue weighted by atomic mass is 16.1. The molecule has 7 heteroatoms. The lowest BCUT2D eigenvalue weighted by molar-refractivity contribution is -0.125. The number of amides is 1. The van der Waals surface area contributed by atoms with Gasteiger partial charge < -0.3 is 16.4 Å². The molecule has 1 aliphatic carbocycles. The van der Waals surface area contributed by atoms with Crippen molar-refractivity contribution in [2.45, 2.75) is 45.4 Å². The number of carbonyl (C=O) groups is 1. The van der Waals surface area contributed by atoms with Crippen LogP contribution in [0.5, 0.6) is 0 Å². The van der Waals surface area contributed by atoms with Crippen LogP contribution in [-0.2, 0) is 11.2 Å². The summed E-state index contributed by atoms with van der Waals surface area (Å²) in [5.74, 6) is 0.428. The van der Waals surface area contributed by atoms with Crippen molar-refractivity contribution in [3.8, 4) is 0 Å². The lowest BCUT2D eigenvalue weighted by Gasteiger charge is -2.22. The third-order valence-corrected chi connectivity index (χ3v) is 6.56. The Hall–Kier alpha value is -3.45. The molecule has 4 N–H and O–H groups in total. The second kappa shape index (κ2) is 15.6. The second-order valence-corrected chi connectivity index (χ2v) is 9.60. The number of hydrogen-bond donors (Lipinski definition) is 3. The summed E-state index contributed by atoms with van der Waals surface area (Å²) in [6.45, 7) is 9.03. The Labute approximate surface area is 222 Å². The fourth-order valence-electron chi connectivity index (χ4n) is 4.67. The summed E-state index contributed by atoms with van der Waals surface area (Å²) in [6, 6.07) is 8.26. The zero-order chi connectivity index (χ0) is 26.3. The van der Waals surface area contributed by atoms with Gasteiger partial charge in [0.2, 0.25) is 5.91 Å². The molecule has 1 heterocycles. The van der Waals surface area contributed by atoms with E-state index in [-0.39, 0.29) is 11.8 Å². The number of anilines is 1. The van der Waals surface area contributed by atoms with Gasteiger partial charge in [0.05, 0.1) is 12.2 Å². The molecule has 1 saturated carbocycles. The quantitative estimate of drug-likeness (QED) is 0.256. The van der Waals surface area contributed by atoms with Crippen molar-refractivity contribution in [1.29, 1.82) is 0 Å². The Morgan fingerprint density at radius 1 is 1.22 bits per heavy atom. The van der Waals surface area contributed by atoms with E-state index in [1.807, 2.05) is 31.3 Å². The minimum atomic E-state index is 0.208. The molecule has 0 bridgehead atoms. The number of allylic oxidation sites excluding steroid dienone is 2. The molecular formula is C30H42N6O. The van der Waals surface area contributed by atoms with Gasteiger partial charge in [0.1, 0.15) is 0 Å². The van der Waals surface area contributed by atoms with E-state index in [4.69, 9.17) is 5.73 Å². The molecule has 7 nitrogen and oxygen atoms in total. The van der Waals surface area contributed by atoms with E-state index in [2.05, 4.69) is 56.4 Å². The number of nitrogens with zero attached hydrogens (tertiary/aromatic N) is 3. The molecule has 3 rings (SSSR count). The Morgan fingerprint density at radius 3 is 2.68 bits per heavy atom. The van der Waals surface area contributed by atoms with Crippen molar-refractivity contribution >= 4 is 23.5 Å². The smallest absolute Gasteiger partial charge is 0.223 e. The van der Waals surface area contributed by atoms with E-state index in [1.54, 1.807) is 12.3 Å². The van der Waals surface area contributed by atoms with Gasteiger partial charge in [-0.25, -0.2) is 0 Å². The fraction of sp³-hybridized carbons (Fsp3) is 0.433. The van der Waals surface area contributed by atoms with E-state index >= 15 is 0 Å². The standard InChI is InChI=1S/C30H42N6O/c1-3-9-28(32-4-2)22-36(23-29-12-8-18-33-29)21-26(31)20-35-27-15-13-24(14-16-27)17-19-34-30(37)25-10-6-5-7-11-25/h3-4,8-9,12-16,20,25,35H,1,5-7,10-11,17-19,21-23,31H2,2H3,(H,34,37)/b26-20-,28-9-,32-4?. The first-order valence-electron chi connectivity index (χ1n) is 13.4. The molecule has 0 aromatic heterocycles. The van der Waals surface area contributed by atoms with E-state index in [1.165, 1.54) is 24.8 Å². The van der Waals surface area contributed by atoms with Gasteiger partial charge in [0.25, 0.3) is 0 Å². The summed E-state index contributed by atoms with van der Waals surface area (Å²) in [5, 5.41) is 6.42. The van der Waals surface area contributed by atoms with Gasteiger partial charge in [-0.2, -0.15) is 0 Å². The van der Waals surface area contributed by atoms with Crippen LogP contribution in [0.25, 0.3) is 0 Å². The van der Waals surface area contributed by atoms with Gasteiger partial charge in [-0.1, -0.05) is 50.1 Å². The highest BCUT2D eigenvalue weighted by Gasteiger charge is 2.20. The first-order chi connectivity index (χ1) is 18.1. The monoisotopic (exact) mass is 502 g/mol. The number of rotatable bonds is 14. The van der Waals surface area contributed by atoms with Crippen LogP contribution in [-0.4, -0.2) is 55.5 Å². The van der Waals surface area contributed by atoms with Gasteiger partial charge in [-0.15, -0.1) is 0 Å². The summed E-state index contributed by atoms with van der Waals surface area (Å²) >= 11 is 0. The molecule has 0 saturated heterocycles. The number of hydrogen-bond acceptors (Lipinski definition) is 6. The normalized spacial score (nSPS) is 16.9. The molecule has 0 spiro atoms. The maximum atomic E-state index is 12.3. The third-order valence-electron chi connectivity index (χ3n) is 6.56. The molecule has 1 fully saturated rings. The van der Waals surface area contributed by atoms with E-state index in [9.17, 15) is 4.79 Å². The predicted molar refractivity (Wildman–Crippen MR) is 156 cm³/mol. The zero-order valence-corrected chi connectivity index (χ0v) is 22.2. The summed E-state index contributed by atoms with van der Waals surface area (Å²) in [7, 11) is 0. The predicted octanol–water partition coefficient (Wildman–Crippen LogP) is 4.61. The van der Waals surface area contributed by atoms with Crippen molar-refractivity contribution in [3.63, 3.8) is 0 Å². The molecule has 0 unspecified atom stereocenters. The maximum absolute atomic E-state index is 12.3. The molecule has 2 aliphatic rings. The number of aliphatic imine (C=N–C) groups is 2. The van der Waals surface area contributed by atoms with Gasteiger partial charge >= 0.3 is 0 Å². The van der Waals surface area contributed by atoms with Crippen LogP contribution in [0.2, 0.25) is 0 Å². The third kappa shape index (κ3) is 10.2. The highest BCUT2D eigenvalue weighted by molar-refractivity contribution is 5.98. The van der Waals surface area contributed by atoms with Crippen LogP contribution in [0.4, 0.5) is 5.69 Å². The lowest BCUT2D eigenvalue weighted by atomic mass is 9.88. The largest absolute Gasteiger partial charge is 0.400 e. The van der Waals surface area contributed by atoms with Crippen LogP contribution >= 0.6 is 0 Å². The average Bonchev–Trinajstić information content (AvgIpc) is 3.42. The molecule has 1 aromatic rings. The number of carbonyl (C=O) groups excluding carboxylic acids is 1. The number of nitrogens with two attached hydrogens (primary N) is 1. The molecule has 0 atom stereocenters. The molecular weight excluding hydrogens is 460 g/mol. The molecule has 37 heavy (non-hydrogen) atoms. The van der Waals surface area contributed by atoms with Gasteiger partial charge in [-0.05, 0) is 56.0 Å². The zero-order valence-electron chi connectivity index (χ0n) is 22.2. The summed E-state index contributed by atoms with van der Waals surface area (Å²) < 4.78 is 0. The molecule has 1 amide bonds. The van der Waals surface area contributed by atoms with Crippen molar-refractivity contribution in [1.82, 2.24) is 10.2 Å². The van der Waals surface area contributed by atoms with Crippen molar-refractivity contribution in [2.75, 3.05) is 38.0 Å². The number of nitrogens with one attached hydrogen (secondary N) is 2. The Bertz CT molecular complexity index is 1030. The molecule has 1 aliphatic heterocycles. The van der Waals surface area contributed by atoms with Crippen LogP contribution in [0.1, 0.15) is 44.6 Å². The molecule has 1 aromatic carbocycles. The number of benzene rings is 1. The highest BCUT2D eigenvalue weighted by Crippen LogP contribution is 2.23. The SMILES string of the molecule is C=C/C=C(/CN(CC1=NCC=C1)C/C(N)=C/Nc1ccc(CCNC(=O)C2CCCCC2)cc1)N=CC. The lowest BCUT2D eigenvalue weighted by Crippen LogP contribution is -2.34. The molecule has 198 valence electrons. The maximum Gasteiger partial charge on any atom is 0.223 e. The minimum absolute atomic E-state index is 0.208. The van der Waals surface area contributed by atoms with Gasteiger partial charge in [0, 0.05) is 61.6 Å². The Kier molecular flexibility index (Phi) is 11.9. The summed E-state index contributed by atoms with van der Waals surface area (Å²) in [5.41, 5.74) is 11.2. The van der Waals surface area contributed by atoms with Crippen LogP contribution < -0.4 is 16.4 Å². The first kappa shape index (κ1) is 28.1. The summed E-state index contributed by atoms with van der Waals surface area (Å²) in [6.07, 6.45) is 17.9. The van der Waals surface area contributed by atoms with Crippen LogP contribution in [0.3, 0.4) is 0 Å². The fourth-order valence-corrected chi connectivity index (χ4v) is 4.67. The van der Waals surface area contributed by atoms with E-state index < -0.39 is 0 Å². The summed E-state index contributed by atoms with van der Waals surface area (Å²) in [4.78, 5) is 23.5. The van der Waals surface area contributed by atoms with Crippen molar-refractivity contribution in [3.05, 3.63) is 78.3 Å². The van der Waals surface area contributed by atoms with Crippen molar-refractivity contribution < 1.29 is 4.79 Å². The molecule has 0 radical (unpaired) electrons. The van der Waals surface area contributed by atoms with Crippen LogP contribution in [0, 0.1) is 5.92 Å². The van der Waals surface area contributed by atoms with E-state index in [0.717, 1.165) is 48.6 Å². The Morgan fingerprint density at radius 2 is 2.00 bits per heavy atom. The average molecular weight is 503 g/mol. The van der Waals surface area contributed by atoms with E-state index in [0.29, 0.717) is 26.2 Å².